The number of aromatic nitrogens is 9. The van der Waals surface area contributed by atoms with Crippen molar-refractivity contribution in [1.82, 2.24) is 44.9 Å². The van der Waals surface area contributed by atoms with E-state index in [0.717, 1.165) is 93.3 Å². The first-order chi connectivity index (χ1) is 72.4. The summed E-state index contributed by atoms with van der Waals surface area (Å²) in [5.74, 6) is 5.88. The average molecular weight is 1860 g/mol. The Morgan fingerprint density at radius 3 is 0.664 bits per heavy atom. The van der Waals surface area contributed by atoms with Crippen LogP contribution in [0.1, 0.15) is 0 Å². The van der Waals surface area contributed by atoms with Crippen molar-refractivity contribution in [2.75, 3.05) is 0 Å². The highest BCUT2D eigenvalue weighted by molar-refractivity contribution is 6.24. The number of rotatable bonds is 12. The quantitative estimate of drug-likeness (QED) is 0.110. The van der Waals surface area contributed by atoms with E-state index in [4.69, 9.17) is 44.9 Å². The third-order valence-corrected chi connectivity index (χ3v) is 28.7. The maximum absolute atomic E-state index is 5.21. The second kappa shape index (κ2) is 36.6. The smallest absolute Gasteiger partial charge is 0.164 e. The topological polar surface area (TPSA) is 116 Å². The molecule has 0 amide bonds. The van der Waals surface area contributed by atoms with Crippen LogP contribution in [0.4, 0.5) is 0 Å². The number of fused-ring (bicyclic) bond motifs is 20. The van der Waals surface area contributed by atoms with E-state index in [1.165, 1.54) is 141 Å². The summed E-state index contributed by atoms with van der Waals surface area (Å²) in [7, 11) is 0. The zero-order chi connectivity index (χ0) is 96.5. The second-order valence-corrected chi connectivity index (χ2v) is 37.2. The summed E-state index contributed by atoms with van der Waals surface area (Å²) in [6.45, 7) is 0. The average Bonchev–Trinajstić information content (AvgIpc) is 0.746. The Labute approximate surface area is 841 Å². The van der Waals surface area contributed by atoms with Gasteiger partial charge in [0, 0.05) is 50.1 Å². The molecular formula is C137H85N9. The summed E-state index contributed by atoms with van der Waals surface area (Å²) in [4.78, 5) is 45.5. The van der Waals surface area contributed by atoms with Crippen LogP contribution in [0.15, 0.2) is 516 Å². The first-order valence-electron chi connectivity index (χ1n) is 49.4. The molecule has 0 aliphatic heterocycles. The maximum Gasteiger partial charge on any atom is 0.164 e. The van der Waals surface area contributed by atoms with E-state index >= 15 is 0 Å². The molecule has 0 atom stereocenters. The summed E-state index contributed by atoms with van der Waals surface area (Å²) < 4.78 is 0. The van der Waals surface area contributed by atoms with Crippen molar-refractivity contribution in [3.05, 3.63) is 516 Å². The van der Waals surface area contributed by atoms with E-state index in [2.05, 4.69) is 394 Å². The number of hydrogen-bond acceptors (Lipinski definition) is 9. The normalized spacial score (nSPS) is 11.6. The molecule has 9 nitrogen and oxygen atoms in total. The van der Waals surface area contributed by atoms with Crippen LogP contribution >= 0.6 is 0 Å². The highest BCUT2D eigenvalue weighted by atomic mass is 15.1. The third kappa shape index (κ3) is 15.6. The van der Waals surface area contributed by atoms with Crippen LogP contribution in [0.25, 0.3) is 287 Å². The van der Waals surface area contributed by atoms with Crippen LogP contribution in [-0.4, -0.2) is 44.9 Å². The van der Waals surface area contributed by atoms with E-state index < -0.39 is 0 Å². The van der Waals surface area contributed by atoms with Gasteiger partial charge in [-0.05, 0) is 215 Å². The maximum atomic E-state index is 5.21. The molecule has 0 unspecified atom stereocenters. The summed E-state index contributed by atoms with van der Waals surface area (Å²) >= 11 is 0. The van der Waals surface area contributed by atoms with Gasteiger partial charge in [-0.25, -0.2) is 44.9 Å². The molecule has 3 heterocycles. The van der Waals surface area contributed by atoms with Crippen LogP contribution in [-0.2, 0) is 0 Å². The van der Waals surface area contributed by atoms with E-state index in [1.54, 1.807) is 0 Å². The first kappa shape index (κ1) is 85.6. The van der Waals surface area contributed by atoms with Crippen LogP contribution in [0.3, 0.4) is 0 Å². The molecule has 0 radical (unpaired) electrons. The molecular weight excluding hydrogens is 1770 g/mol. The summed E-state index contributed by atoms with van der Waals surface area (Å²) in [6.07, 6.45) is 0. The fourth-order valence-corrected chi connectivity index (χ4v) is 21.7. The molecule has 678 valence electrons. The Balaban J connectivity index is 0.000000109. The summed E-state index contributed by atoms with van der Waals surface area (Å²) in [5.41, 5.74) is 15.8. The highest BCUT2D eigenvalue weighted by Gasteiger charge is 2.24. The van der Waals surface area contributed by atoms with Gasteiger partial charge in [-0.2, -0.15) is 0 Å². The van der Waals surface area contributed by atoms with Gasteiger partial charge in [-0.3, -0.25) is 0 Å². The Hall–Kier alpha value is -19.6. The fraction of sp³-hybridized carbons (Fsp3) is 0. The van der Waals surface area contributed by atoms with Gasteiger partial charge >= 0.3 is 0 Å². The lowest BCUT2D eigenvalue weighted by Gasteiger charge is -2.15. The minimum absolute atomic E-state index is 0.648. The molecule has 146 heavy (non-hydrogen) atoms. The van der Waals surface area contributed by atoms with Crippen molar-refractivity contribution in [3.8, 4) is 136 Å². The van der Waals surface area contributed by atoms with Gasteiger partial charge in [-0.1, -0.05) is 485 Å². The molecule has 26 aromatic carbocycles. The lowest BCUT2D eigenvalue weighted by atomic mass is 9.89. The van der Waals surface area contributed by atoms with Gasteiger partial charge in [0.1, 0.15) is 0 Å². The fourth-order valence-electron chi connectivity index (χ4n) is 21.7. The Bertz CT molecular complexity index is 10100. The number of nitrogens with zero attached hydrogens (tertiary/aromatic N) is 9. The zero-order valence-electron chi connectivity index (χ0n) is 79.1. The van der Waals surface area contributed by atoms with E-state index in [1.807, 2.05) is 121 Å². The Morgan fingerprint density at radius 1 is 0.0822 bits per heavy atom. The molecule has 0 fully saturated rings. The predicted octanol–water partition coefficient (Wildman–Crippen LogP) is 35.8. The summed E-state index contributed by atoms with van der Waals surface area (Å²) in [5, 5.41) is 34.2. The summed E-state index contributed by atoms with van der Waals surface area (Å²) in [6, 6.07) is 182. The molecule has 29 aromatic rings. The molecule has 0 saturated heterocycles. The predicted molar refractivity (Wildman–Crippen MR) is 610 cm³/mol. The van der Waals surface area contributed by atoms with Crippen molar-refractivity contribution in [2.24, 2.45) is 0 Å². The van der Waals surface area contributed by atoms with Crippen molar-refractivity contribution < 1.29 is 0 Å². The molecule has 0 N–H and O–H groups in total. The molecule has 29 rings (SSSR count). The van der Waals surface area contributed by atoms with Gasteiger partial charge in [0.25, 0.3) is 0 Å². The minimum atomic E-state index is 0.648. The SMILES string of the molecule is c1ccc(-c2nc(-c3ccccc3)nc(-c3cc(-c4cccc5c4ccc4c6ccccc6ccc54)c4ccccc4c3)n2)cc1.c1ccc(-c2nc(-c3ccccc3)nc(-c3cccc4c(-c5cccc6c5ccc5c7ccccc7ccc65)cccc34)n2)cc1.c1ccc2cc(-c3nc(-c4ccc5ccccc5c4)nc(-c4ccc(-c5cccc6c5ccc5c7ccccc7ccc65)c5ccccc45)n3)ccc2c1. The van der Waals surface area contributed by atoms with Crippen molar-refractivity contribution in [1.29, 1.82) is 0 Å². The molecule has 0 aliphatic rings. The van der Waals surface area contributed by atoms with Gasteiger partial charge in [0.05, 0.1) is 0 Å². The monoisotopic (exact) mass is 1860 g/mol. The van der Waals surface area contributed by atoms with Crippen LogP contribution in [0.5, 0.6) is 0 Å². The first-order valence-corrected chi connectivity index (χ1v) is 49.4. The lowest BCUT2D eigenvalue weighted by molar-refractivity contribution is 1.07. The number of hydrogen-bond donors (Lipinski definition) is 0. The van der Waals surface area contributed by atoms with E-state index in [0.29, 0.717) is 52.4 Å². The molecule has 0 spiro atoms. The van der Waals surface area contributed by atoms with Crippen LogP contribution < -0.4 is 0 Å². The van der Waals surface area contributed by atoms with Crippen molar-refractivity contribution >= 4 is 151 Å². The van der Waals surface area contributed by atoms with Gasteiger partial charge in [-0.15, -0.1) is 0 Å². The van der Waals surface area contributed by atoms with Gasteiger partial charge in [0.15, 0.2) is 52.4 Å². The van der Waals surface area contributed by atoms with E-state index in [9.17, 15) is 0 Å². The van der Waals surface area contributed by atoms with Gasteiger partial charge in [0.2, 0.25) is 0 Å². The zero-order valence-corrected chi connectivity index (χ0v) is 79.1. The molecule has 0 bridgehead atoms. The molecule has 0 saturated carbocycles. The Morgan fingerprint density at radius 2 is 0.288 bits per heavy atom. The molecule has 0 aliphatic carbocycles. The minimum Gasteiger partial charge on any atom is -0.208 e. The second-order valence-electron chi connectivity index (χ2n) is 37.2. The lowest BCUT2D eigenvalue weighted by Crippen LogP contribution is -2.01. The van der Waals surface area contributed by atoms with Crippen molar-refractivity contribution in [3.63, 3.8) is 0 Å². The largest absolute Gasteiger partial charge is 0.208 e. The standard InChI is InChI=1S/C51H31N3.2C43H27N3/c1-3-13-35-30-37(22-20-32(35)10-1)49-52-50(38-23-21-33-11-2-4-14-36(33)31-38)54-51(53-49)48-29-28-47(40-16-7-8-17-43(40)48)42-19-9-18-41-45-25-24-34-12-5-6-15-39(34)44(45)26-27-46(41)42;1-3-13-29(14-4-1)41-44-42(30-15-5-2-6-16-30)46-43(45-41)32-26-31-17-8-10-19-34(31)40(27-32)36-21-11-20-35-38-23-22-28-12-7-9-18-33(28)37(38)24-25-39(35)36;1-3-13-29(14-4-1)41-44-42(30-15-5-2-6-16-30)46-43(45-41)40-23-11-21-33-32(18-10-22-36(33)40)34-19-9-20-35-38-25-24-28-12-7-8-17-31(28)37(38)26-27-39(34)35/h1-31H;2*1-27H. The third-order valence-electron chi connectivity index (χ3n) is 28.7. The van der Waals surface area contributed by atoms with Crippen LogP contribution in [0.2, 0.25) is 0 Å². The van der Waals surface area contributed by atoms with Gasteiger partial charge < -0.3 is 0 Å². The number of benzene rings is 26. The van der Waals surface area contributed by atoms with E-state index in [-0.39, 0.29) is 0 Å². The Kier molecular flexibility index (Phi) is 21.4. The molecule has 3 aromatic heterocycles. The highest BCUT2D eigenvalue weighted by Crippen LogP contribution is 2.47. The van der Waals surface area contributed by atoms with Crippen molar-refractivity contribution in [2.45, 2.75) is 0 Å². The molecule has 9 heteroatoms. The van der Waals surface area contributed by atoms with Crippen LogP contribution in [0, 0.1) is 0 Å².